The molecule has 0 aliphatic rings. The first-order valence-corrected chi connectivity index (χ1v) is 5.22. The fraction of sp³-hybridized carbons (Fsp3) is 0.0714. The van der Waals surface area contributed by atoms with Gasteiger partial charge in [0.15, 0.2) is 0 Å². The smallest absolute Gasteiger partial charge is 0.259 e. The molecule has 0 aromatic heterocycles. The SMILES string of the molecule is COc1ccccc1C(=O)Nc1c[c]ccc1. The van der Waals surface area contributed by atoms with Crippen molar-refractivity contribution in [3.63, 3.8) is 0 Å². The van der Waals surface area contributed by atoms with Gasteiger partial charge in [-0.15, -0.1) is 0 Å². The number of methoxy groups -OCH3 is 1. The number of anilines is 1. The summed E-state index contributed by atoms with van der Waals surface area (Å²) in [7, 11) is 1.54. The van der Waals surface area contributed by atoms with Crippen molar-refractivity contribution in [2.75, 3.05) is 12.4 Å². The van der Waals surface area contributed by atoms with E-state index in [1.165, 1.54) is 0 Å². The van der Waals surface area contributed by atoms with Crippen LogP contribution in [0, 0.1) is 6.07 Å². The average molecular weight is 226 g/mol. The maximum Gasteiger partial charge on any atom is 0.259 e. The Hall–Kier alpha value is -2.29. The third-order valence-electron chi connectivity index (χ3n) is 2.32. The molecular weight excluding hydrogens is 214 g/mol. The summed E-state index contributed by atoms with van der Waals surface area (Å²) in [6.45, 7) is 0. The number of hydrogen-bond acceptors (Lipinski definition) is 2. The lowest BCUT2D eigenvalue weighted by atomic mass is 10.2. The van der Waals surface area contributed by atoms with Crippen LogP contribution in [-0.2, 0) is 0 Å². The van der Waals surface area contributed by atoms with Crippen LogP contribution in [0.1, 0.15) is 10.4 Å². The van der Waals surface area contributed by atoms with E-state index in [2.05, 4.69) is 11.4 Å². The van der Waals surface area contributed by atoms with Crippen LogP contribution in [0.3, 0.4) is 0 Å². The Kier molecular flexibility index (Phi) is 3.40. The third kappa shape index (κ3) is 2.64. The fourth-order valence-corrected chi connectivity index (χ4v) is 1.50. The third-order valence-corrected chi connectivity index (χ3v) is 2.32. The molecule has 2 aromatic carbocycles. The summed E-state index contributed by atoms with van der Waals surface area (Å²) >= 11 is 0. The lowest BCUT2D eigenvalue weighted by Gasteiger charge is -2.08. The minimum Gasteiger partial charge on any atom is -0.496 e. The highest BCUT2D eigenvalue weighted by Gasteiger charge is 2.10. The first kappa shape index (κ1) is 11.2. The lowest BCUT2D eigenvalue weighted by molar-refractivity contribution is 0.102. The molecule has 0 fully saturated rings. The predicted octanol–water partition coefficient (Wildman–Crippen LogP) is 2.75. The van der Waals surface area contributed by atoms with Crippen LogP contribution < -0.4 is 10.1 Å². The van der Waals surface area contributed by atoms with Gasteiger partial charge in [-0.25, -0.2) is 0 Å². The first-order valence-electron chi connectivity index (χ1n) is 5.22. The van der Waals surface area contributed by atoms with Crippen molar-refractivity contribution in [2.45, 2.75) is 0 Å². The normalized spacial score (nSPS) is 9.71. The van der Waals surface area contributed by atoms with Crippen molar-refractivity contribution < 1.29 is 9.53 Å². The summed E-state index contributed by atoms with van der Waals surface area (Å²) in [6.07, 6.45) is 0. The molecular formula is C14H12NO2. The van der Waals surface area contributed by atoms with E-state index < -0.39 is 0 Å². The average Bonchev–Trinajstić information content (AvgIpc) is 2.40. The summed E-state index contributed by atoms with van der Waals surface area (Å²) in [4.78, 5) is 12.0. The minimum absolute atomic E-state index is 0.193. The standard InChI is InChI=1S/C14H12NO2/c1-17-13-10-6-5-9-12(13)14(16)15-11-7-3-2-4-8-11/h2-3,5-10H,1H3,(H,15,16). The van der Waals surface area contributed by atoms with Crippen molar-refractivity contribution in [1.29, 1.82) is 0 Å². The van der Waals surface area contributed by atoms with Crippen LogP contribution in [0.4, 0.5) is 5.69 Å². The highest BCUT2D eigenvalue weighted by molar-refractivity contribution is 6.06. The van der Waals surface area contributed by atoms with E-state index in [4.69, 9.17) is 4.74 Å². The van der Waals surface area contributed by atoms with Gasteiger partial charge < -0.3 is 10.1 Å². The zero-order valence-corrected chi connectivity index (χ0v) is 9.44. The molecule has 1 N–H and O–H groups in total. The Balaban J connectivity index is 2.20. The monoisotopic (exact) mass is 226 g/mol. The number of hydrogen-bond donors (Lipinski definition) is 1. The highest BCUT2D eigenvalue weighted by Crippen LogP contribution is 2.18. The van der Waals surface area contributed by atoms with Crippen molar-refractivity contribution in [1.82, 2.24) is 0 Å². The van der Waals surface area contributed by atoms with Crippen LogP contribution in [0.25, 0.3) is 0 Å². The molecule has 2 aromatic rings. The topological polar surface area (TPSA) is 38.3 Å². The second-order valence-electron chi connectivity index (χ2n) is 3.45. The molecule has 1 amide bonds. The Morgan fingerprint density at radius 2 is 2.06 bits per heavy atom. The molecule has 1 radical (unpaired) electrons. The van der Waals surface area contributed by atoms with Crippen LogP contribution in [0.2, 0.25) is 0 Å². The van der Waals surface area contributed by atoms with E-state index in [9.17, 15) is 4.79 Å². The van der Waals surface area contributed by atoms with E-state index in [-0.39, 0.29) is 5.91 Å². The van der Waals surface area contributed by atoms with Crippen LogP contribution in [-0.4, -0.2) is 13.0 Å². The van der Waals surface area contributed by atoms with Gasteiger partial charge in [0.1, 0.15) is 5.75 Å². The summed E-state index contributed by atoms with van der Waals surface area (Å²) in [6, 6.07) is 17.1. The first-order chi connectivity index (χ1) is 8.31. The van der Waals surface area contributed by atoms with Gasteiger partial charge >= 0.3 is 0 Å². The Labute approximate surface area is 100 Å². The van der Waals surface area contributed by atoms with E-state index in [1.54, 1.807) is 37.4 Å². The van der Waals surface area contributed by atoms with Crippen molar-refractivity contribution in [3.8, 4) is 5.75 Å². The fourth-order valence-electron chi connectivity index (χ4n) is 1.50. The summed E-state index contributed by atoms with van der Waals surface area (Å²) in [5.74, 6) is 0.368. The van der Waals surface area contributed by atoms with Gasteiger partial charge in [0.05, 0.1) is 12.7 Å². The maximum absolute atomic E-state index is 12.0. The number of ether oxygens (including phenoxy) is 1. The summed E-state index contributed by atoms with van der Waals surface area (Å²) in [5.41, 5.74) is 1.22. The Morgan fingerprint density at radius 1 is 1.24 bits per heavy atom. The van der Waals surface area contributed by atoms with E-state index in [1.807, 2.05) is 18.2 Å². The van der Waals surface area contributed by atoms with Gasteiger partial charge in [-0.2, -0.15) is 0 Å². The van der Waals surface area contributed by atoms with E-state index in [0.717, 1.165) is 0 Å². The van der Waals surface area contributed by atoms with Gasteiger partial charge in [0.2, 0.25) is 0 Å². The number of nitrogens with one attached hydrogen (secondary N) is 1. The van der Waals surface area contributed by atoms with Crippen LogP contribution >= 0.6 is 0 Å². The maximum atomic E-state index is 12.0. The molecule has 0 saturated carbocycles. The second-order valence-corrected chi connectivity index (χ2v) is 3.45. The largest absolute Gasteiger partial charge is 0.496 e. The number of carbonyl (C=O) groups is 1. The summed E-state index contributed by atoms with van der Waals surface area (Å²) < 4.78 is 5.14. The molecule has 0 aliphatic carbocycles. The number of carbonyl (C=O) groups excluding carboxylic acids is 1. The molecule has 17 heavy (non-hydrogen) atoms. The Bertz CT molecular complexity index is 509. The van der Waals surface area contributed by atoms with Crippen molar-refractivity contribution >= 4 is 11.6 Å². The molecule has 0 atom stereocenters. The zero-order valence-electron chi connectivity index (χ0n) is 9.44. The zero-order chi connectivity index (χ0) is 12.1. The molecule has 0 aliphatic heterocycles. The molecule has 3 nitrogen and oxygen atoms in total. The van der Waals surface area contributed by atoms with Gasteiger partial charge in [-0.1, -0.05) is 24.3 Å². The van der Waals surface area contributed by atoms with Gasteiger partial charge in [0.25, 0.3) is 5.91 Å². The number of para-hydroxylation sites is 1. The number of benzene rings is 2. The van der Waals surface area contributed by atoms with Crippen molar-refractivity contribution in [2.24, 2.45) is 0 Å². The molecule has 2 rings (SSSR count). The predicted molar refractivity (Wildman–Crippen MR) is 66.2 cm³/mol. The van der Waals surface area contributed by atoms with E-state index in [0.29, 0.717) is 17.0 Å². The quantitative estimate of drug-likeness (QED) is 0.873. The van der Waals surface area contributed by atoms with Crippen LogP contribution in [0.5, 0.6) is 5.75 Å². The number of amides is 1. The van der Waals surface area contributed by atoms with Gasteiger partial charge in [-0.05, 0) is 30.3 Å². The van der Waals surface area contributed by atoms with Gasteiger partial charge in [-0.3, -0.25) is 4.79 Å². The molecule has 0 bridgehead atoms. The minimum atomic E-state index is -0.193. The lowest BCUT2D eigenvalue weighted by Crippen LogP contribution is -2.12. The second kappa shape index (κ2) is 5.16. The van der Waals surface area contributed by atoms with Crippen molar-refractivity contribution in [3.05, 3.63) is 60.2 Å². The molecule has 0 spiro atoms. The molecule has 85 valence electrons. The summed E-state index contributed by atoms with van der Waals surface area (Å²) in [5, 5.41) is 2.78. The van der Waals surface area contributed by atoms with Crippen LogP contribution in [0.15, 0.2) is 48.5 Å². The van der Waals surface area contributed by atoms with E-state index >= 15 is 0 Å². The Morgan fingerprint density at radius 3 is 2.76 bits per heavy atom. The molecule has 0 saturated heterocycles. The van der Waals surface area contributed by atoms with Gasteiger partial charge in [0, 0.05) is 5.69 Å². The number of rotatable bonds is 3. The molecule has 3 heteroatoms. The molecule has 0 heterocycles. The highest BCUT2D eigenvalue weighted by atomic mass is 16.5. The molecule has 0 unspecified atom stereocenters.